The van der Waals surface area contributed by atoms with Gasteiger partial charge in [0.1, 0.15) is 5.78 Å². The van der Waals surface area contributed by atoms with E-state index in [0.29, 0.717) is 0 Å². The quantitative estimate of drug-likeness (QED) is 0.540. The summed E-state index contributed by atoms with van der Waals surface area (Å²) in [6, 6.07) is 0. The number of carbonyl (C=O) groups excluding carboxylic acids is 1. The number of hydrogen-bond donors (Lipinski definition) is 0. The summed E-state index contributed by atoms with van der Waals surface area (Å²) in [4.78, 5) is 11.5. The third-order valence-electron chi connectivity index (χ3n) is 0.965. The molecule has 0 radical (unpaired) electrons. The van der Waals surface area contributed by atoms with Crippen LogP contribution >= 0.6 is 0 Å². The first-order valence-corrected chi connectivity index (χ1v) is 2.57. The lowest BCUT2D eigenvalue weighted by molar-refractivity contribution is -0.121. The van der Waals surface area contributed by atoms with E-state index in [9.17, 15) is 4.79 Å². The Kier molecular flexibility index (Phi) is 0.487. The minimum absolute atomic E-state index is 0.841. The third kappa shape index (κ3) is 1.81. The van der Waals surface area contributed by atoms with Crippen LogP contribution in [0, 0.1) is 5.92 Å². The van der Waals surface area contributed by atoms with Crippen molar-refractivity contribution in [1.29, 1.82) is 0 Å². The fraction of sp³-hybridized carbons (Fsp3) is 0.875. The first-order valence-electron chi connectivity index (χ1n) is 7.57. The Balaban J connectivity index is 3.70. The smallest absolute Gasteiger partial charge is 0.132 e. The van der Waals surface area contributed by atoms with E-state index in [4.69, 9.17) is 13.7 Å². The van der Waals surface area contributed by atoms with Gasteiger partial charge in [0.2, 0.25) is 0 Å². The zero-order valence-corrected chi connectivity index (χ0v) is 4.99. The summed E-state index contributed by atoms with van der Waals surface area (Å²) >= 11 is 0. The number of Topliss-reactive ketones (excluding diaryl/α,β-unsaturated/α-hetero) is 1. The zero-order valence-electron chi connectivity index (χ0n) is 15.0. The summed E-state index contributed by atoms with van der Waals surface area (Å²) < 4.78 is 75.7. The van der Waals surface area contributed by atoms with Crippen LogP contribution in [0.5, 0.6) is 0 Å². The van der Waals surface area contributed by atoms with E-state index < -0.39 is 43.6 Å². The first-order chi connectivity index (χ1) is 8.07. The number of carbonyl (C=O) groups is 1. The highest BCUT2D eigenvalue weighted by Crippen LogP contribution is 2.23. The fourth-order valence-corrected chi connectivity index (χ4v) is 0.487. The molecule has 52 valence electrons. The van der Waals surface area contributed by atoms with Crippen molar-refractivity contribution in [2.75, 3.05) is 0 Å². The molecule has 0 aromatic carbocycles. The number of ketones is 1. The molecule has 0 aromatic heterocycles. The van der Waals surface area contributed by atoms with Gasteiger partial charge in [-0.25, -0.2) is 0 Å². The molecule has 0 heterocycles. The third-order valence-corrected chi connectivity index (χ3v) is 0.965. The van der Waals surface area contributed by atoms with E-state index in [-0.39, 0.29) is 0 Å². The maximum atomic E-state index is 11.5. The summed E-state index contributed by atoms with van der Waals surface area (Å²) in [6.07, 6.45) is -16.5. The second kappa shape index (κ2) is 3.00. The molecule has 0 saturated heterocycles. The van der Waals surface area contributed by atoms with Crippen LogP contribution in [0.2, 0.25) is 0 Å². The second-order valence-electron chi connectivity index (χ2n) is 1.71. The van der Waals surface area contributed by atoms with Crippen LogP contribution in [0.15, 0.2) is 0 Å². The summed E-state index contributed by atoms with van der Waals surface area (Å²) in [5, 5.41) is 0. The monoisotopic (exact) mass is 136 g/mol. The van der Waals surface area contributed by atoms with Gasteiger partial charge in [-0.2, -0.15) is 0 Å². The lowest BCUT2D eigenvalue weighted by Crippen LogP contribution is -2.13. The molecule has 1 heteroatoms. The highest BCUT2D eigenvalue weighted by molar-refractivity contribution is 5.78. The molecule has 0 atom stereocenters. The first kappa shape index (κ1) is 1.46. The van der Waals surface area contributed by atoms with Gasteiger partial charge in [-0.05, 0) is 19.7 Å². The second-order valence-corrected chi connectivity index (χ2v) is 1.71. The van der Waals surface area contributed by atoms with Crippen molar-refractivity contribution in [1.82, 2.24) is 0 Å². The summed E-state index contributed by atoms with van der Waals surface area (Å²) in [6.45, 7) is 0.841. The van der Waals surface area contributed by atoms with Crippen LogP contribution < -0.4 is 0 Å². The van der Waals surface area contributed by atoms with Crippen molar-refractivity contribution in [2.24, 2.45) is 5.92 Å². The standard InChI is InChI=1S/C8H14O/c1-7(9)8-5-3-2-4-6-8/h8H,2-6H2,1H3/i2D2,3D2,4D2,5D2,6D2. The predicted molar refractivity (Wildman–Crippen MR) is 37.3 cm³/mol. The Hall–Kier alpha value is -0.330. The summed E-state index contributed by atoms with van der Waals surface area (Å²) in [5.74, 6) is -3.29. The largest absolute Gasteiger partial charge is 0.300 e. The van der Waals surface area contributed by atoms with Crippen LogP contribution in [0.3, 0.4) is 0 Å². The van der Waals surface area contributed by atoms with E-state index >= 15 is 0 Å². The minimum Gasteiger partial charge on any atom is -0.300 e. The van der Waals surface area contributed by atoms with E-state index in [1.54, 1.807) is 0 Å². The summed E-state index contributed by atoms with van der Waals surface area (Å²) in [5.41, 5.74) is 0. The van der Waals surface area contributed by atoms with Gasteiger partial charge < -0.3 is 0 Å². The molecule has 1 saturated carbocycles. The SMILES string of the molecule is [2H]C1([2H])C(C(C)=O)C([2H])([2H])C([2H])([2H])C([2H])([2H])C1([2H])[2H]. The lowest BCUT2D eigenvalue weighted by atomic mass is 9.87. The van der Waals surface area contributed by atoms with Crippen LogP contribution in [-0.2, 0) is 4.79 Å². The van der Waals surface area contributed by atoms with Crippen molar-refractivity contribution in [3.8, 4) is 0 Å². The average Bonchev–Trinajstić information content (AvgIpc) is 2.12. The van der Waals surface area contributed by atoms with E-state index in [2.05, 4.69) is 0 Å². The topological polar surface area (TPSA) is 17.1 Å². The van der Waals surface area contributed by atoms with E-state index in [1.165, 1.54) is 0 Å². The summed E-state index contributed by atoms with van der Waals surface area (Å²) in [7, 11) is 0. The molecule has 0 unspecified atom stereocenters. The van der Waals surface area contributed by atoms with Gasteiger partial charge in [-0.1, -0.05) is 19.1 Å². The van der Waals surface area contributed by atoms with E-state index in [1.807, 2.05) is 0 Å². The van der Waals surface area contributed by atoms with Crippen LogP contribution in [0.25, 0.3) is 0 Å². The molecular weight excluding hydrogens is 112 g/mol. The lowest BCUT2D eigenvalue weighted by Gasteiger charge is -2.17. The number of rotatable bonds is 1. The average molecular weight is 136 g/mol. The Morgan fingerprint density at radius 2 is 2.00 bits per heavy atom. The minimum atomic E-state index is -3.43. The highest BCUT2D eigenvalue weighted by Gasteiger charge is 2.16. The highest BCUT2D eigenvalue weighted by atomic mass is 16.1. The van der Waals surface area contributed by atoms with Crippen LogP contribution in [-0.4, -0.2) is 5.78 Å². The predicted octanol–water partition coefficient (Wildman–Crippen LogP) is 2.16. The molecule has 0 aliphatic heterocycles. The Morgan fingerprint density at radius 3 is 2.44 bits per heavy atom. The molecule has 1 nitrogen and oxygen atoms in total. The van der Waals surface area contributed by atoms with Gasteiger partial charge in [0.05, 0.1) is 0 Å². The molecule has 0 spiro atoms. The maximum Gasteiger partial charge on any atom is 0.132 e. The molecule has 1 aliphatic rings. The van der Waals surface area contributed by atoms with Gasteiger partial charge in [-0.3, -0.25) is 4.79 Å². The van der Waals surface area contributed by atoms with Gasteiger partial charge >= 0.3 is 0 Å². The zero-order chi connectivity index (χ0) is 15.7. The molecule has 9 heavy (non-hydrogen) atoms. The van der Waals surface area contributed by atoms with Crippen molar-refractivity contribution >= 4 is 5.78 Å². The number of hydrogen-bond acceptors (Lipinski definition) is 1. The normalized spacial score (nSPS) is 66.3. The molecule has 0 N–H and O–H groups in total. The van der Waals surface area contributed by atoms with Crippen molar-refractivity contribution in [3.05, 3.63) is 0 Å². The van der Waals surface area contributed by atoms with Crippen LogP contribution in [0.1, 0.15) is 52.5 Å². The fourth-order valence-electron chi connectivity index (χ4n) is 0.487. The molecule has 0 aromatic rings. The van der Waals surface area contributed by atoms with Gasteiger partial charge in [0.25, 0.3) is 0 Å². The molecule has 0 bridgehead atoms. The molecule has 1 aliphatic carbocycles. The Morgan fingerprint density at radius 1 is 1.44 bits per heavy atom. The van der Waals surface area contributed by atoms with Gasteiger partial charge in [0, 0.05) is 19.6 Å². The van der Waals surface area contributed by atoms with Crippen LogP contribution in [0.4, 0.5) is 0 Å². The van der Waals surface area contributed by atoms with Crippen molar-refractivity contribution < 1.29 is 18.5 Å². The van der Waals surface area contributed by atoms with Crippen molar-refractivity contribution in [3.63, 3.8) is 0 Å². The maximum absolute atomic E-state index is 11.5. The Bertz CT molecular complexity index is 382. The molecule has 0 amide bonds. The van der Waals surface area contributed by atoms with Crippen molar-refractivity contribution in [2.45, 2.75) is 38.8 Å². The molecule has 1 fully saturated rings. The molecule has 1 rings (SSSR count). The molecular formula is C8H14O. The van der Waals surface area contributed by atoms with Gasteiger partial charge in [-0.15, -0.1) is 0 Å². The van der Waals surface area contributed by atoms with Gasteiger partial charge in [0.15, 0.2) is 0 Å². The Labute approximate surface area is 70.5 Å². The van der Waals surface area contributed by atoms with E-state index in [0.717, 1.165) is 6.92 Å².